The predicted octanol–water partition coefficient (Wildman–Crippen LogP) is 2.60. The summed E-state index contributed by atoms with van der Waals surface area (Å²) in [4.78, 5) is 0. The Morgan fingerprint density at radius 2 is 1.04 bits per heavy atom. The topological polar surface area (TPSA) is 46.2 Å². The van der Waals surface area contributed by atoms with Crippen LogP contribution in [0.1, 0.15) is 18.1 Å². The SMILES string of the molecule is CCOCCOCCOCCOCCOCc1ccc(C)cc1. The highest BCUT2D eigenvalue weighted by molar-refractivity contribution is 5.20. The van der Waals surface area contributed by atoms with Gasteiger partial charge in [0.05, 0.1) is 59.5 Å². The van der Waals surface area contributed by atoms with E-state index in [-0.39, 0.29) is 0 Å². The molecular weight excluding hydrogens is 296 g/mol. The van der Waals surface area contributed by atoms with E-state index in [1.54, 1.807) is 0 Å². The zero-order valence-electron chi connectivity index (χ0n) is 14.4. The number of hydrogen-bond acceptors (Lipinski definition) is 5. The van der Waals surface area contributed by atoms with E-state index in [2.05, 4.69) is 31.2 Å². The summed E-state index contributed by atoms with van der Waals surface area (Å²) in [5, 5.41) is 0. The monoisotopic (exact) mass is 326 g/mol. The maximum atomic E-state index is 5.55. The molecule has 5 heteroatoms. The molecule has 0 atom stereocenters. The first-order valence-electron chi connectivity index (χ1n) is 8.27. The molecule has 0 amide bonds. The minimum Gasteiger partial charge on any atom is -0.379 e. The number of aryl methyl sites for hydroxylation is 1. The number of ether oxygens (including phenoxy) is 5. The van der Waals surface area contributed by atoms with Crippen LogP contribution < -0.4 is 0 Å². The quantitative estimate of drug-likeness (QED) is 0.464. The first-order chi connectivity index (χ1) is 11.3. The average molecular weight is 326 g/mol. The summed E-state index contributed by atoms with van der Waals surface area (Å²) in [5.74, 6) is 0. The van der Waals surface area contributed by atoms with Crippen molar-refractivity contribution in [1.82, 2.24) is 0 Å². The summed E-state index contributed by atoms with van der Waals surface area (Å²) in [6.07, 6.45) is 0. The summed E-state index contributed by atoms with van der Waals surface area (Å²) in [5.41, 5.74) is 2.44. The van der Waals surface area contributed by atoms with Crippen molar-refractivity contribution in [3.05, 3.63) is 35.4 Å². The van der Waals surface area contributed by atoms with Crippen LogP contribution in [0.3, 0.4) is 0 Å². The van der Waals surface area contributed by atoms with Gasteiger partial charge in [0.1, 0.15) is 0 Å². The molecule has 0 heterocycles. The zero-order chi connectivity index (χ0) is 16.6. The van der Waals surface area contributed by atoms with Gasteiger partial charge in [-0.2, -0.15) is 0 Å². The largest absolute Gasteiger partial charge is 0.379 e. The molecule has 5 nitrogen and oxygen atoms in total. The van der Waals surface area contributed by atoms with Crippen LogP contribution in [0.15, 0.2) is 24.3 Å². The Morgan fingerprint density at radius 1 is 0.609 bits per heavy atom. The number of rotatable bonds is 15. The summed E-state index contributed by atoms with van der Waals surface area (Å²) < 4.78 is 26.9. The van der Waals surface area contributed by atoms with Crippen molar-refractivity contribution < 1.29 is 23.7 Å². The fourth-order valence-corrected chi connectivity index (χ4v) is 1.80. The van der Waals surface area contributed by atoms with E-state index in [9.17, 15) is 0 Å². The molecule has 0 aliphatic carbocycles. The fraction of sp³-hybridized carbons (Fsp3) is 0.667. The molecule has 0 fully saturated rings. The standard InChI is InChI=1S/C18H30O5/c1-3-19-8-9-20-10-11-21-12-13-22-14-15-23-16-18-6-4-17(2)5-7-18/h4-7H,3,8-16H2,1-2H3. The maximum absolute atomic E-state index is 5.55. The van der Waals surface area contributed by atoms with Gasteiger partial charge in [0.25, 0.3) is 0 Å². The molecule has 23 heavy (non-hydrogen) atoms. The van der Waals surface area contributed by atoms with Crippen LogP contribution in [0.2, 0.25) is 0 Å². The molecule has 0 bridgehead atoms. The Kier molecular flexibility index (Phi) is 12.7. The summed E-state index contributed by atoms with van der Waals surface area (Å²) >= 11 is 0. The third-order valence-corrected chi connectivity index (χ3v) is 3.08. The van der Waals surface area contributed by atoms with E-state index in [0.29, 0.717) is 59.5 Å². The van der Waals surface area contributed by atoms with Crippen LogP contribution in [-0.2, 0) is 30.3 Å². The Hall–Kier alpha value is -0.980. The highest BCUT2D eigenvalue weighted by atomic mass is 16.6. The molecule has 1 rings (SSSR count). The lowest BCUT2D eigenvalue weighted by molar-refractivity contribution is -0.0117. The van der Waals surface area contributed by atoms with Crippen LogP contribution in [0, 0.1) is 6.92 Å². The number of hydrogen-bond donors (Lipinski definition) is 0. The zero-order valence-corrected chi connectivity index (χ0v) is 14.4. The second-order valence-electron chi connectivity index (χ2n) is 5.07. The molecule has 0 saturated carbocycles. The van der Waals surface area contributed by atoms with Gasteiger partial charge in [0, 0.05) is 6.61 Å². The van der Waals surface area contributed by atoms with Gasteiger partial charge in [-0.15, -0.1) is 0 Å². The van der Waals surface area contributed by atoms with E-state index >= 15 is 0 Å². The first-order valence-corrected chi connectivity index (χ1v) is 8.27. The molecule has 1 aromatic rings. The molecule has 0 aliphatic heterocycles. The lowest BCUT2D eigenvalue weighted by atomic mass is 10.2. The van der Waals surface area contributed by atoms with Crippen molar-refractivity contribution in [3.8, 4) is 0 Å². The molecule has 0 aromatic heterocycles. The smallest absolute Gasteiger partial charge is 0.0718 e. The number of benzene rings is 1. The van der Waals surface area contributed by atoms with Gasteiger partial charge < -0.3 is 23.7 Å². The van der Waals surface area contributed by atoms with E-state index in [1.165, 1.54) is 11.1 Å². The van der Waals surface area contributed by atoms with E-state index in [1.807, 2.05) is 6.92 Å². The van der Waals surface area contributed by atoms with Crippen molar-refractivity contribution in [2.24, 2.45) is 0 Å². The summed E-state index contributed by atoms with van der Waals surface area (Å²) in [7, 11) is 0. The fourth-order valence-electron chi connectivity index (χ4n) is 1.80. The van der Waals surface area contributed by atoms with E-state index < -0.39 is 0 Å². The maximum Gasteiger partial charge on any atom is 0.0718 e. The third kappa shape index (κ3) is 12.1. The van der Waals surface area contributed by atoms with Gasteiger partial charge in [-0.1, -0.05) is 29.8 Å². The van der Waals surface area contributed by atoms with Crippen molar-refractivity contribution in [2.45, 2.75) is 20.5 Å². The minimum absolute atomic E-state index is 0.576. The normalized spacial score (nSPS) is 11.0. The van der Waals surface area contributed by atoms with Crippen molar-refractivity contribution in [1.29, 1.82) is 0 Å². The molecule has 132 valence electrons. The van der Waals surface area contributed by atoms with Gasteiger partial charge in [-0.05, 0) is 19.4 Å². The predicted molar refractivity (Wildman–Crippen MR) is 89.8 cm³/mol. The third-order valence-electron chi connectivity index (χ3n) is 3.08. The van der Waals surface area contributed by atoms with Gasteiger partial charge in [0.2, 0.25) is 0 Å². The van der Waals surface area contributed by atoms with Crippen molar-refractivity contribution in [2.75, 3.05) is 59.5 Å². The molecular formula is C18H30O5. The Balaban J connectivity index is 1.77. The van der Waals surface area contributed by atoms with E-state index in [0.717, 1.165) is 6.61 Å². The average Bonchev–Trinajstić information content (AvgIpc) is 2.57. The minimum atomic E-state index is 0.576. The van der Waals surface area contributed by atoms with Gasteiger partial charge in [-0.3, -0.25) is 0 Å². The summed E-state index contributed by atoms with van der Waals surface area (Å²) in [6.45, 7) is 10.2. The van der Waals surface area contributed by atoms with Crippen LogP contribution in [-0.4, -0.2) is 59.5 Å². The lowest BCUT2D eigenvalue weighted by Gasteiger charge is -2.08. The first kappa shape index (κ1) is 20.1. The lowest BCUT2D eigenvalue weighted by Crippen LogP contribution is -2.13. The van der Waals surface area contributed by atoms with Gasteiger partial charge in [0.15, 0.2) is 0 Å². The molecule has 0 saturated heterocycles. The van der Waals surface area contributed by atoms with Gasteiger partial charge >= 0.3 is 0 Å². The Morgan fingerprint density at radius 3 is 1.52 bits per heavy atom. The highest BCUT2D eigenvalue weighted by Gasteiger charge is 1.95. The van der Waals surface area contributed by atoms with Crippen LogP contribution in [0.4, 0.5) is 0 Å². The highest BCUT2D eigenvalue weighted by Crippen LogP contribution is 2.04. The molecule has 1 aromatic carbocycles. The van der Waals surface area contributed by atoms with E-state index in [4.69, 9.17) is 23.7 Å². The van der Waals surface area contributed by atoms with Crippen LogP contribution >= 0.6 is 0 Å². The van der Waals surface area contributed by atoms with Crippen molar-refractivity contribution >= 4 is 0 Å². The van der Waals surface area contributed by atoms with Crippen molar-refractivity contribution in [3.63, 3.8) is 0 Å². The second kappa shape index (κ2) is 14.6. The van der Waals surface area contributed by atoms with Gasteiger partial charge in [-0.25, -0.2) is 0 Å². The molecule has 0 spiro atoms. The molecule has 0 N–H and O–H groups in total. The van der Waals surface area contributed by atoms with Crippen LogP contribution in [0.5, 0.6) is 0 Å². The van der Waals surface area contributed by atoms with Crippen LogP contribution in [0.25, 0.3) is 0 Å². The molecule has 0 unspecified atom stereocenters. The second-order valence-corrected chi connectivity index (χ2v) is 5.07. The Labute approximate surface area is 139 Å². The molecule has 0 aliphatic rings. The Bertz CT molecular complexity index is 366. The molecule has 0 radical (unpaired) electrons. The summed E-state index contributed by atoms with van der Waals surface area (Å²) in [6, 6.07) is 8.35.